The molecule has 2 aromatic heterocycles. The van der Waals surface area contributed by atoms with E-state index in [1.165, 1.54) is 22.1 Å². The first kappa shape index (κ1) is 23.2. The van der Waals surface area contributed by atoms with Crippen LogP contribution in [0.2, 0.25) is 0 Å². The highest BCUT2D eigenvalue weighted by Crippen LogP contribution is 2.38. The number of hydrogen-bond acceptors (Lipinski definition) is 7. The summed E-state index contributed by atoms with van der Waals surface area (Å²) in [5, 5.41) is 7.01. The lowest BCUT2D eigenvalue weighted by Gasteiger charge is -2.31. The number of thiophene rings is 1. The second kappa shape index (κ2) is 9.24. The second-order valence-corrected chi connectivity index (χ2v) is 12.3. The molecule has 34 heavy (non-hydrogen) atoms. The van der Waals surface area contributed by atoms with E-state index in [1.807, 2.05) is 31.2 Å². The van der Waals surface area contributed by atoms with Gasteiger partial charge in [0.1, 0.15) is 0 Å². The lowest BCUT2D eigenvalue weighted by molar-refractivity contribution is -0.120. The molecule has 0 unspecified atom stereocenters. The zero-order valence-corrected chi connectivity index (χ0v) is 20.9. The summed E-state index contributed by atoms with van der Waals surface area (Å²) in [6.07, 6.45) is 4.57. The Morgan fingerprint density at radius 3 is 2.62 bits per heavy atom. The minimum Gasteiger partial charge on any atom is -0.339 e. The Kier molecular flexibility index (Phi) is 6.30. The molecule has 180 valence electrons. The Balaban J connectivity index is 1.31. The van der Waals surface area contributed by atoms with E-state index in [1.54, 1.807) is 13.0 Å². The fourth-order valence-corrected chi connectivity index (χ4v) is 7.39. The van der Waals surface area contributed by atoms with Crippen molar-refractivity contribution >= 4 is 33.0 Å². The minimum absolute atomic E-state index is 0.151. The molecule has 5 rings (SSSR count). The maximum Gasteiger partial charge on any atom is 0.244 e. The highest BCUT2D eigenvalue weighted by molar-refractivity contribution is 7.89. The second-order valence-electron chi connectivity index (χ2n) is 9.17. The average Bonchev–Trinajstić information content (AvgIpc) is 3.41. The van der Waals surface area contributed by atoms with Gasteiger partial charge in [-0.05, 0) is 57.7 Å². The van der Waals surface area contributed by atoms with E-state index < -0.39 is 15.9 Å². The van der Waals surface area contributed by atoms with Gasteiger partial charge in [-0.25, -0.2) is 8.42 Å². The van der Waals surface area contributed by atoms with Crippen LogP contribution >= 0.6 is 11.3 Å². The third kappa shape index (κ3) is 4.54. The van der Waals surface area contributed by atoms with Crippen LogP contribution in [0.5, 0.6) is 0 Å². The van der Waals surface area contributed by atoms with Crippen molar-refractivity contribution in [2.45, 2.75) is 56.8 Å². The Bertz CT molecular complexity index is 1290. The number of hydrogen-bond donors (Lipinski definition) is 1. The molecule has 2 aliphatic rings. The largest absolute Gasteiger partial charge is 0.339 e. The summed E-state index contributed by atoms with van der Waals surface area (Å²) in [6, 6.07) is 9.22. The van der Waals surface area contributed by atoms with E-state index in [9.17, 15) is 13.2 Å². The fourth-order valence-electron chi connectivity index (χ4n) is 4.38. The van der Waals surface area contributed by atoms with Crippen molar-refractivity contribution in [1.82, 2.24) is 14.4 Å². The first-order chi connectivity index (χ1) is 16.3. The zero-order valence-electron chi connectivity index (χ0n) is 19.3. The van der Waals surface area contributed by atoms with Crippen LogP contribution in [-0.2, 0) is 14.8 Å². The molecule has 1 amide bonds. The Hall–Kier alpha value is -2.56. The molecule has 8 nitrogen and oxygen atoms in total. The van der Waals surface area contributed by atoms with E-state index in [-0.39, 0.29) is 17.3 Å². The molecule has 0 bridgehead atoms. The van der Waals surface area contributed by atoms with Crippen LogP contribution in [0.4, 0.5) is 5.69 Å². The van der Waals surface area contributed by atoms with Crippen molar-refractivity contribution < 1.29 is 17.7 Å². The van der Waals surface area contributed by atoms with Crippen molar-refractivity contribution in [3.63, 3.8) is 0 Å². The van der Waals surface area contributed by atoms with Gasteiger partial charge in [-0.1, -0.05) is 29.3 Å². The van der Waals surface area contributed by atoms with Gasteiger partial charge in [-0.15, -0.1) is 11.3 Å². The number of aryl methyl sites for hydroxylation is 2. The third-order valence-corrected chi connectivity index (χ3v) is 9.85. The Labute approximate surface area is 203 Å². The van der Waals surface area contributed by atoms with Crippen LogP contribution in [0.1, 0.15) is 54.4 Å². The zero-order chi connectivity index (χ0) is 23.9. The van der Waals surface area contributed by atoms with Gasteiger partial charge in [0.2, 0.25) is 27.6 Å². The van der Waals surface area contributed by atoms with Gasteiger partial charge in [-0.2, -0.15) is 9.29 Å². The molecule has 3 heterocycles. The number of carbonyl (C=O) groups excluding carboxylic acids is 1. The van der Waals surface area contributed by atoms with E-state index in [4.69, 9.17) is 4.52 Å². The summed E-state index contributed by atoms with van der Waals surface area (Å²) < 4.78 is 33.9. The van der Waals surface area contributed by atoms with Crippen LogP contribution in [0.3, 0.4) is 0 Å². The van der Waals surface area contributed by atoms with Crippen LogP contribution in [0.25, 0.3) is 10.7 Å². The number of anilines is 1. The molecule has 1 aliphatic carbocycles. The molecular weight excluding hydrogens is 472 g/mol. The molecule has 1 saturated carbocycles. The molecule has 0 spiro atoms. The summed E-state index contributed by atoms with van der Waals surface area (Å²) in [7, 11) is -3.75. The van der Waals surface area contributed by atoms with Crippen molar-refractivity contribution in [3.8, 4) is 10.7 Å². The van der Waals surface area contributed by atoms with Gasteiger partial charge in [0, 0.05) is 29.6 Å². The molecular formula is C24H28N4O4S2. The number of sulfonamides is 1. The summed E-state index contributed by atoms with van der Waals surface area (Å²) in [4.78, 5) is 19.0. The molecule has 2 fully saturated rings. The summed E-state index contributed by atoms with van der Waals surface area (Å²) in [6.45, 7) is 4.34. The summed E-state index contributed by atoms with van der Waals surface area (Å²) in [5.41, 5.74) is 1.83. The normalized spacial score (nSPS) is 19.6. The monoisotopic (exact) mass is 500 g/mol. The summed E-state index contributed by atoms with van der Waals surface area (Å²) >= 11 is 1.35. The predicted octanol–water partition coefficient (Wildman–Crippen LogP) is 4.72. The fraction of sp³-hybridized carbons (Fsp3) is 0.458. The van der Waals surface area contributed by atoms with Crippen molar-refractivity contribution in [1.29, 1.82) is 0 Å². The smallest absolute Gasteiger partial charge is 0.244 e. The van der Waals surface area contributed by atoms with Crippen LogP contribution in [0.15, 0.2) is 39.8 Å². The topological polar surface area (TPSA) is 105 Å². The number of amides is 1. The van der Waals surface area contributed by atoms with Crippen LogP contribution < -0.4 is 5.32 Å². The van der Waals surface area contributed by atoms with Gasteiger partial charge >= 0.3 is 0 Å². The molecule has 1 N–H and O–H groups in total. The third-order valence-electron chi connectivity index (χ3n) is 6.68. The van der Waals surface area contributed by atoms with Gasteiger partial charge in [0.05, 0.1) is 15.7 Å². The quantitative estimate of drug-likeness (QED) is 0.525. The van der Waals surface area contributed by atoms with E-state index >= 15 is 0 Å². The van der Waals surface area contributed by atoms with Crippen LogP contribution in [0, 0.1) is 19.8 Å². The number of nitrogens with zero attached hydrogens (tertiary/aromatic N) is 3. The Morgan fingerprint density at radius 2 is 1.91 bits per heavy atom. The van der Waals surface area contributed by atoms with E-state index in [0.29, 0.717) is 46.8 Å². The molecule has 1 atom stereocenters. The lowest BCUT2D eigenvalue weighted by Crippen LogP contribution is -2.43. The van der Waals surface area contributed by atoms with Crippen molar-refractivity contribution in [2.24, 2.45) is 5.92 Å². The van der Waals surface area contributed by atoms with E-state index in [2.05, 4.69) is 15.5 Å². The molecule has 1 aliphatic heterocycles. The maximum absolute atomic E-state index is 13.5. The van der Waals surface area contributed by atoms with E-state index in [0.717, 1.165) is 24.1 Å². The molecule has 1 saturated heterocycles. The number of nitrogens with one attached hydrogen (secondary N) is 1. The van der Waals surface area contributed by atoms with Gasteiger partial charge < -0.3 is 9.84 Å². The molecule has 0 radical (unpaired) electrons. The SMILES string of the molecule is Cc1ccc(NC(=O)[C@@H]2CCCN(S(=O)(=O)c3cc(-c4noc(C5CCC5)n4)sc3C)C2)cc1. The first-order valence-corrected chi connectivity index (χ1v) is 13.9. The lowest BCUT2D eigenvalue weighted by atomic mass is 9.85. The highest BCUT2D eigenvalue weighted by atomic mass is 32.2. The molecule has 3 aromatic rings. The highest BCUT2D eigenvalue weighted by Gasteiger charge is 2.35. The standard InChI is InChI=1S/C24H28N4O4S2/c1-15-8-10-19(11-9-15)25-23(29)18-7-4-12-28(14-18)34(30,31)21-13-20(33-16(21)2)22-26-24(32-27-22)17-5-3-6-17/h8-11,13,17-18H,3-7,12,14H2,1-2H3,(H,25,29)/t18-/m1/s1. The minimum atomic E-state index is -3.75. The number of carbonyl (C=O) groups is 1. The number of aromatic nitrogens is 2. The molecule has 1 aromatic carbocycles. The van der Waals surface area contributed by atoms with Crippen LogP contribution in [-0.4, -0.2) is 41.9 Å². The number of rotatable bonds is 6. The first-order valence-electron chi connectivity index (χ1n) is 11.6. The van der Waals surface area contributed by atoms with Crippen molar-refractivity contribution in [2.75, 3.05) is 18.4 Å². The molecule has 10 heteroatoms. The average molecular weight is 501 g/mol. The summed E-state index contributed by atoms with van der Waals surface area (Å²) in [5.74, 6) is 0.842. The number of piperidine rings is 1. The number of benzene rings is 1. The predicted molar refractivity (Wildman–Crippen MR) is 130 cm³/mol. The van der Waals surface area contributed by atoms with Gasteiger partial charge in [0.25, 0.3) is 0 Å². The maximum atomic E-state index is 13.5. The van der Waals surface area contributed by atoms with Gasteiger partial charge in [0.15, 0.2) is 0 Å². The van der Waals surface area contributed by atoms with Gasteiger partial charge in [-0.3, -0.25) is 4.79 Å². The Morgan fingerprint density at radius 1 is 1.15 bits per heavy atom. The van der Waals surface area contributed by atoms with Crippen molar-refractivity contribution in [3.05, 3.63) is 46.7 Å².